The summed E-state index contributed by atoms with van der Waals surface area (Å²) in [6.07, 6.45) is 3.37. The molecule has 0 spiro atoms. The lowest BCUT2D eigenvalue weighted by Gasteiger charge is -2.32. The molecule has 35 heavy (non-hydrogen) atoms. The van der Waals surface area contributed by atoms with Gasteiger partial charge in [-0.2, -0.15) is 4.98 Å². The normalized spacial score (nSPS) is 14.5. The number of rotatable bonds is 5. The fourth-order valence-electron chi connectivity index (χ4n) is 5.00. The Kier molecular flexibility index (Phi) is 5.62. The van der Waals surface area contributed by atoms with E-state index in [1.54, 1.807) is 4.68 Å². The second-order valence-electron chi connectivity index (χ2n) is 9.19. The van der Waals surface area contributed by atoms with Gasteiger partial charge in [0, 0.05) is 18.7 Å². The molecule has 1 saturated heterocycles. The standard InChI is InChI=1S/C29H28N6/c30-27-25-26(23-12-6-2-7-13-23)31-29(32-28(25)33-35(27)24-14-8-3-9-15-24)34-18-16-22(17-19-34)20-21-10-4-1-5-11-21/h1-15,22H,16-20,30H2. The molecule has 0 radical (unpaired) electrons. The van der Waals surface area contributed by atoms with E-state index in [1.807, 2.05) is 48.5 Å². The first-order chi connectivity index (χ1) is 17.3. The van der Waals surface area contributed by atoms with Crippen molar-refractivity contribution in [3.63, 3.8) is 0 Å². The van der Waals surface area contributed by atoms with E-state index in [0.717, 1.165) is 60.6 Å². The molecular weight excluding hydrogens is 432 g/mol. The van der Waals surface area contributed by atoms with Crippen LogP contribution in [0.1, 0.15) is 18.4 Å². The number of hydrogen-bond acceptors (Lipinski definition) is 5. The number of aromatic nitrogens is 4. The Morgan fingerprint density at radius 2 is 1.40 bits per heavy atom. The Balaban J connectivity index is 1.35. The molecule has 0 amide bonds. The zero-order valence-electron chi connectivity index (χ0n) is 19.6. The molecule has 0 unspecified atom stereocenters. The van der Waals surface area contributed by atoms with Crippen molar-refractivity contribution in [2.75, 3.05) is 23.7 Å². The largest absolute Gasteiger partial charge is 0.383 e. The molecule has 0 atom stereocenters. The van der Waals surface area contributed by atoms with Crippen molar-refractivity contribution in [2.45, 2.75) is 19.3 Å². The summed E-state index contributed by atoms with van der Waals surface area (Å²) >= 11 is 0. The summed E-state index contributed by atoms with van der Waals surface area (Å²) in [7, 11) is 0. The van der Waals surface area contributed by atoms with Crippen molar-refractivity contribution in [2.24, 2.45) is 5.92 Å². The molecule has 1 aliphatic rings. The monoisotopic (exact) mass is 460 g/mol. The summed E-state index contributed by atoms with van der Waals surface area (Å²) in [4.78, 5) is 12.3. The van der Waals surface area contributed by atoms with Crippen LogP contribution in [0.4, 0.5) is 11.8 Å². The van der Waals surface area contributed by atoms with E-state index in [0.29, 0.717) is 17.4 Å². The molecule has 174 valence electrons. The second-order valence-corrected chi connectivity index (χ2v) is 9.19. The van der Waals surface area contributed by atoms with Crippen LogP contribution in [0.15, 0.2) is 91.0 Å². The number of anilines is 2. The van der Waals surface area contributed by atoms with Crippen LogP contribution in [-0.4, -0.2) is 32.8 Å². The highest BCUT2D eigenvalue weighted by atomic mass is 15.4. The number of piperidine rings is 1. The Morgan fingerprint density at radius 1 is 0.771 bits per heavy atom. The summed E-state index contributed by atoms with van der Waals surface area (Å²) in [5.41, 5.74) is 11.4. The van der Waals surface area contributed by atoms with Gasteiger partial charge in [-0.1, -0.05) is 78.9 Å². The summed E-state index contributed by atoms with van der Waals surface area (Å²) in [6, 6.07) is 30.9. The summed E-state index contributed by atoms with van der Waals surface area (Å²) in [6.45, 7) is 1.87. The number of nitrogens with two attached hydrogens (primary N) is 1. The van der Waals surface area contributed by atoms with Gasteiger partial charge in [0.1, 0.15) is 5.82 Å². The van der Waals surface area contributed by atoms with E-state index < -0.39 is 0 Å². The average Bonchev–Trinajstić information content (AvgIpc) is 3.26. The molecule has 6 rings (SSSR count). The average molecular weight is 461 g/mol. The second kappa shape index (κ2) is 9.22. The SMILES string of the molecule is Nc1c2c(-c3ccccc3)nc(N3CCC(Cc4ccccc4)CC3)nc2nn1-c1ccccc1. The molecule has 0 saturated carbocycles. The molecule has 0 bridgehead atoms. The number of nitrogen functional groups attached to an aromatic ring is 1. The molecule has 1 fully saturated rings. The highest BCUT2D eigenvalue weighted by molar-refractivity contribution is 5.99. The van der Waals surface area contributed by atoms with E-state index in [2.05, 4.69) is 47.4 Å². The zero-order chi connectivity index (χ0) is 23.6. The van der Waals surface area contributed by atoms with Crippen molar-refractivity contribution < 1.29 is 0 Å². The Bertz CT molecular complexity index is 1420. The van der Waals surface area contributed by atoms with Crippen LogP contribution in [0, 0.1) is 5.92 Å². The molecule has 6 heteroatoms. The highest BCUT2D eigenvalue weighted by Crippen LogP contribution is 2.34. The summed E-state index contributed by atoms with van der Waals surface area (Å²) in [5.74, 6) is 1.96. The first-order valence-corrected chi connectivity index (χ1v) is 12.2. The van der Waals surface area contributed by atoms with Gasteiger partial charge in [0.2, 0.25) is 5.95 Å². The lowest BCUT2D eigenvalue weighted by Crippen LogP contribution is -2.35. The third kappa shape index (κ3) is 4.23. The van der Waals surface area contributed by atoms with E-state index in [1.165, 1.54) is 5.56 Å². The molecule has 3 heterocycles. The zero-order valence-corrected chi connectivity index (χ0v) is 19.6. The summed E-state index contributed by atoms with van der Waals surface area (Å²) in [5, 5.41) is 5.60. The third-order valence-electron chi connectivity index (χ3n) is 6.87. The topological polar surface area (TPSA) is 72.9 Å². The van der Waals surface area contributed by atoms with Gasteiger partial charge in [0.15, 0.2) is 5.65 Å². The van der Waals surface area contributed by atoms with Crippen molar-refractivity contribution >= 4 is 22.8 Å². The van der Waals surface area contributed by atoms with Gasteiger partial charge in [-0.25, -0.2) is 9.67 Å². The van der Waals surface area contributed by atoms with Crippen LogP contribution in [0.3, 0.4) is 0 Å². The van der Waals surface area contributed by atoms with Gasteiger partial charge < -0.3 is 10.6 Å². The maximum atomic E-state index is 6.64. The van der Waals surface area contributed by atoms with Crippen LogP contribution in [0.25, 0.3) is 28.0 Å². The predicted octanol–water partition coefficient (Wildman–Crippen LogP) is 5.52. The molecular formula is C29H28N6. The van der Waals surface area contributed by atoms with Crippen LogP contribution in [0.5, 0.6) is 0 Å². The van der Waals surface area contributed by atoms with Gasteiger partial charge in [-0.15, -0.1) is 5.10 Å². The first-order valence-electron chi connectivity index (χ1n) is 12.2. The van der Waals surface area contributed by atoms with Gasteiger partial charge >= 0.3 is 0 Å². The molecule has 1 aliphatic heterocycles. The van der Waals surface area contributed by atoms with Crippen LogP contribution < -0.4 is 10.6 Å². The number of nitrogens with zero attached hydrogens (tertiary/aromatic N) is 5. The fraction of sp³-hybridized carbons (Fsp3) is 0.207. The summed E-state index contributed by atoms with van der Waals surface area (Å²) < 4.78 is 1.77. The lowest BCUT2D eigenvalue weighted by atomic mass is 9.90. The predicted molar refractivity (Wildman–Crippen MR) is 142 cm³/mol. The van der Waals surface area contributed by atoms with Crippen LogP contribution >= 0.6 is 0 Å². The first kappa shape index (κ1) is 21.4. The Labute approximate surface area is 205 Å². The lowest BCUT2D eigenvalue weighted by molar-refractivity contribution is 0.401. The van der Waals surface area contributed by atoms with Gasteiger partial charge in [0.05, 0.1) is 16.8 Å². The molecule has 2 aromatic heterocycles. The number of hydrogen-bond donors (Lipinski definition) is 1. The van der Waals surface area contributed by atoms with E-state index >= 15 is 0 Å². The van der Waals surface area contributed by atoms with Gasteiger partial charge in [-0.05, 0) is 42.9 Å². The number of fused-ring (bicyclic) bond motifs is 1. The van der Waals surface area contributed by atoms with Gasteiger partial charge in [0.25, 0.3) is 0 Å². The van der Waals surface area contributed by atoms with Gasteiger partial charge in [-0.3, -0.25) is 0 Å². The minimum absolute atomic E-state index is 0.554. The molecule has 5 aromatic rings. The number of para-hydroxylation sites is 1. The van der Waals surface area contributed by atoms with Crippen LogP contribution in [0.2, 0.25) is 0 Å². The molecule has 3 aromatic carbocycles. The van der Waals surface area contributed by atoms with Crippen LogP contribution in [-0.2, 0) is 6.42 Å². The number of benzene rings is 3. The smallest absolute Gasteiger partial charge is 0.228 e. The highest BCUT2D eigenvalue weighted by Gasteiger charge is 2.25. The maximum absolute atomic E-state index is 6.64. The van der Waals surface area contributed by atoms with Crippen molar-refractivity contribution in [3.05, 3.63) is 96.6 Å². The minimum atomic E-state index is 0.554. The quantitative estimate of drug-likeness (QED) is 0.374. The maximum Gasteiger partial charge on any atom is 0.228 e. The van der Waals surface area contributed by atoms with Crippen molar-refractivity contribution in [1.82, 2.24) is 19.7 Å². The molecule has 0 aliphatic carbocycles. The van der Waals surface area contributed by atoms with Crippen molar-refractivity contribution in [1.29, 1.82) is 0 Å². The third-order valence-corrected chi connectivity index (χ3v) is 6.87. The van der Waals surface area contributed by atoms with E-state index in [9.17, 15) is 0 Å². The Morgan fingerprint density at radius 3 is 2.09 bits per heavy atom. The van der Waals surface area contributed by atoms with E-state index in [-0.39, 0.29) is 0 Å². The molecule has 6 nitrogen and oxygen atoms in total. The Hall–Kier alpha value is -4.19. The minimum Gasteiger partial charge on any atom is -0.383 e. The van der Waals surface area contributed by atoms with Crippen molar-refractivity contribution in [3.8, 4) is 16.9 Å². The molecule has 2 N–H and O–H groups in total. The van der Waals surface area contributed by atoms with E-state index in [4.69, 9.17) is 20.8 Å². The fourth-order valence-corrected chi connectivity index (χ4v) is 5.00.